The minimum atomic E-state index is -5.72. The van der Waals surface area contributed by atoms with E-state index < -0.39 is 36.8 Å². The SMILES string of the molecule is CC(O)C(F)(F)F.Cc1cccc(-c2ccc(CN3CCN(C(=O)OC(C(F)(F)F)C(F)(F)F)CC3)c(C)c2)c1.Cc1cccc(-c2ccc(CN3CCNCC3)c(C)c2)c1. The predicted molar refractivity (Wildman–Crippen MR) is 218 cm³/mol. The van der Waals surface area contributed by atoms with Crippen molar-refractivity contribution < 1.29 is 54.2 Å². The van der Waals surface area contributed by atoms with Gasteiger partial charge < -0.3 is 20.1 Å². The van der Waals surface area contributed by atoms with E-state index in [1.54, 1.807) is 0 Å². The highest BCUT2D eigenvalue weighted by Gasteiger charge is 2.60. The summed E-state index contributed by atoms with van der Waals surface area (Å²) in [5.41, 5.74) is 12.3. The first-order chi connectivity index (χ1) is 28.5. The van der Waals surface area contributed by atoms with Crippen LogP contribution in [0.3, 0.4) is 0 Å². The Morgan fingerprint density at radius 3 is 1.36 bits per heavy atom. The van der Waals surface area contributed by atoms with Crippen LogP contribution in [0.4, 0.5) is 44.3 Å². The average molecular weight is 869 g/mol. The molecule has 0 spiro atoms. The largest absolute Gasteiger partial charge is 0.434 e. The van der Waals surface area contributed by atoms with Crippen molar-refractivity contribution in [2.24, 2.45) is 0 Å². The zero-order valence-corrected chi connectivity index (χ0v) is 34.8. The molecule has 4 aromatic carbocycles. The van der Waals surface area contributed by atoms with Gasteiger partial charge in [-0.25, -0.2) is 4.79 Å². The summed E-state index contributed by atoms with van der Waals surface area (Å²) in [7, 11) is 0. The van der Waals surface area contributed by atoms with Gasteiger partial charge in [0.1, 0.15) is 6.10 Å². The van der Waals surface area contributed by atoms with Crippen molar-refractivity contribution in [1.29, 1.82) is 0 Å². The number of piperazine rings is 2. The van der Waals surface area contributed by atoms with E-state index in [1.807, 2.05) is 49.1 Å². The summed E-state index contributed by atoms with van der Waals surface area (Å²) in [5, 5.41) is 11.2. The monoisotopic (exact) mass is 868 g/mol. The highest BCUT2D eigenvalue weighted by Crippen LogP contribution is 2.36. The third kappa shape index (κ3) is 15.3. The Balaban J connectivity index is 0.000000248. The number of aryl methyl sites for hydroxylation is 4. The van der Waals surface area contributed by atoms with Crippen LogP contribution in [-0.2, 0) is 17.8 Å². The van der Waals surface area contributed by atoms with Crippen LogP contribution < -0.4 is 5.32 Å². The Morgan fingerprint density at radius 1 is 0.607 bits per heavy atom. The van der Waals surface area contributed by atoms with Crippen molar-refractivity contribution in [3.8, 4) is 22.3 Å². The van der Waals surface area contributed by atoms with Crippen LogP contribution in [-0.4, -0.2) is 109 Å². The molecule has 61 heavy (non-hydrogen) atoms. The van der Waals surface area contributed by atoms with Gasteiger partial charge >= 0.3 is 24.6 Å². The predicted octanol–water partition coefficient (Wildman–Crippen LogP) is 10.0. The second-order valence-electron chi connectivity index (χ2n) is 15.4. The van der Waals surface area contributed by atoms with Gasteiger partial charge in [0.05, 0.1) is 0 Å². The zero-order chi connectivity index (χ0) is 45.1. The van der Waals surface area contributed by atoms with Crippen LogP contribution in [0.1, 0.15) is 40.3 Å². The highest BCUT2D eigenvalue weighted by atomic mass is 19.4. The lowest BCUT2D eigenvalue weighted by Crippen LogP contribution is -2.52. The van der Waals surface area contributed by atoms with E-state index in [-0.39, 0.29) is 13.1 Å². The maximum atomic E-state index is 12.6. The average Bonchev–Trinajstić information content (AvgIpc) is 3.18. The Hall–Kier alpha value is -4.64. The zero-order valence-electron chi connectivity index (χ0n) is 34.8. The third-order valence-electron chi connectivity index (χ3n) is 10.3. The molecule has 2 aliphatic heterocycles. The molecular formula is C45H53F9N4O3. The van der Waals surface area contributed by atoms with E-state index in [9.17, 15) is 44.3 Å². The summed E-state index contributed by atoms with van der Waals surface area (Å²) in [6.07, 6.45) is -23.8. The number of amides is 1. The minimum absolute atomic E-state index is 0.0261. The molecule has 2 N–H and O–H groups in total. The van der Waals surface area contributed by atoms with Gasteiger partial charge in [0.25, 0.3) is 6.10 Å². The third-order valence-corrected chi connectivity index (χ3v) is 10.3. The number of alkyl halides is 9. The van der Waals surface area contributed by atoms with Crippen molar-refractivity contribution in [3.05, 3.63) is 118 Å². The first kappa shape index (κ1) is 49.0. The first-order valence-electron chi connectivity index (χ1n) is 19.8. The van der Waals surface area contributed by atoms with Gasteiger partial charge in [0.15, 0.2) is 0 Å². The summed E-state index contributed by atoms with van der Waals surface area (Å²) >= 11 is 0. The molecule has 1 unspecified atom stereocenters. The number of aliphatic hydroxyl groups excluding tert-OH is 1. The van der Waals surface area contributed by atoms with Crippen LogP contribution in [0.5, 0.6) is 0 Å². The lowest BCUT2D eigenvalue weighted by Gasteiger charge is -2.35. The van der Waals surface area contributed by atoms with Crippen LogP contribution in [0.15, 0.2) is 84.9 Å². The molecule has 0 aliphatic carbocycles. The number of halogens is 9. The summed E-state index contributed by atoms with van der Waals surface area (Å²) in [5.74, 6) is 0. The second kappa shape index (κ2) is 21.4. The van der Waals surface area contributed by atoms with Crippen molar-refractivity contribution in [2.75, 3.05) is 52.4 Å². The van der Waals surface area contributed by atoms with Crippen molar-refractivity contribution in [2.45, 2.75) is 78.4 Å². The molecule has 334 valence electrons. The van der Waals surface area contributed by atoms with Crippen LogP contribution in [0.25, 0.3) is 22.3 Å². The fraction of sp³-hybridized carbons (Fsp3) is 0.444. The highest BCUT2D eigenvalue weighted by molar-refractivity contribution is 5.68. The Kier molecular flexibility index (Phi) is 17.2. The van der Waals surface area contributed by atoms with Gasteiger partial charge in [-0.05, 0) is 79.1 Å². The quantitative estimate of drug-likeness (QED) is 0.181. The lowest BCUT2D eigenvalue weighted by atomic mass is 9.98. The molecule has 2 aliphatic rings. The number of benzene rings is 4. The molecule has 2 saturated heterocycles. The molecule has 4 aromatic rings. The van der Waals surface area contributed by atoms with Crippen LogP contribution >= 0.6 is 0 Å². The molecular weight excluding hydrogens is 816 g/mol. The normalized spacial score (nSPS) is 16.0. The smallest absolute Gasteiger partial charge is 0.426 e. The Labute approximate surface area is 351 Å². The standard InChI is InChI=1S/C23H24F6N2O2.C19H24N2.C3H5F3O/c1-15-4-3-5-17(12-15)18-6-7-19(16(2)13-18)14-30-8-10-31(11-9-30)21(32)33-20(22(24,25)26)23(27,28)29;1-15-4-3-5-17(12-15)18-6-7-19(16(2)13-18)14-21-10-8-20-9-11-21;1-2(7)3(4,5)6/h3-7,12-13,20H,8-11,14H2,1-2H3;3-7,12-13,20H,8-11,14H2,1-2H3;2,7H,1H3. The molecule has 2 fully saturated rings. The molecule has 0 aromatic heterocycles. The van der Waals surface area contributed by atoms with Crippen LogP contribution in [0.2, 0.25) is 0 Å². The molecule has 0 saturated carbocycles. The molecule has 1 amide bonds. The number of nitrogens with one attached hydrogen (secondary N) is 1. The number of rotatable bonds is 7. The van der Waals surface area contributed by atoms with Gasteiger partial charge in [0, 0.05) is 65.4 Å². The summed E-state index contributed by atoms with van der Waals surface area (Å²) in [4.78, 5) is 17.3. The van der Waals surface area contributed by atoms with E-state index in [0.29, 0.717) is 26.6 Å². The number of carbonyl (C=O) groups excluding carboxylic acids is 1. The summed E-state index contributed by atoms with van der Waals surface area (Å²) in [6.45, 7) is 15.8. The summed E-state index contributed by atoms with van der Waals surface area (Å²) < 4.78 is 112. The van der Waals surface area contributed by atoms with Crippen molar-refractivity contribution in [3.63, 3.8) is 0 Å². The van der Waals surface area contributed by atoms with E-state index in [0.717, 1.165) is 65.4 Å². The van der Waals surface area contributed by atoms with Crippen LogP contribution in [0, 0.1) is 27.7 Å². The van der Waals surface area contributed by atoms with Gasteiger partial charge in [-0.15, -0.1) is 0 Å². The van der Waals surface area contributed by atoms with Gasteiger partial charge in [-0.3, -0.25) is 9.80 Å². The van der Waals surface area contributed by atoms with E-state index in [4.69, 9.17) is 5.11 Å². The topological polar surface area (TPSA) is 68.3 Å². The van der Waals surface area contributed by atoms with Gasteiger partial charge in [-0.2, -0.15) is 39.5 Å². The molecule has 7 nitrogen and oxygen atoms in total. The number of carbonyl (C=O) groups is 1. The van der Waals surface area contributed by atoms with E-state index in [1.165, 1.54) is 27.8 Å². The summed E-state index contributed by atoms with van der Waals surface area (Å²) in [6, 6.07) is 29.8. The van der Waals surface area contributed by atoms with E-state index >= 15 is 0 Å². The fourth-order valence-electron chi connectivity index (χ4n) is 6.69. The number of nitrogens with zero attached hydrogens (tertiary/aromatic N) is 3. The number of aliphatic hydroxyl groups is 1. The number of hydrogen-bond acceptors (Lipinski definition) is 6. The Morgan fingerprint density at radius 2 is 1.00 bits per heavy atom. The lowest BCUT2D eigenvalue weighted by molar-refractivity contribution is -0.308. The maximum Gasteiger partial charge on any atom is 0.434 e. The molecule has 2 heterocycles. The Bertz CT molecular complexity index is 2010. The molecule has 0 bridgehead atoms. The van der Waals surface area contributed by atoms with Crippen molar-refractivity contribution >= 4 is 6.09 Å². The van der Waals surface area contributed by atoms with Gasteiger partial charge in [-0.1, -0.05) is 96.1 Å². The molecule has 16 heteroatoms. The fourth-order valence-corrected chi connectivity index (χ4v) is 6.69. The number of hydrogen-bond donors (Lipinski definition) is 2. The second-order valence-corrected chi connectivity index (χ2v) is 15.4. The van der Waals surface area contributed by atoms with Gasteiger partial charge in [0.2, 0.25) is 0 Å². The van der Waals surface area contributed by atoms with E-state index in [2.05, 4.69) is 83.4 Å². The minimum Gasteiger partial charge on any atom is -0.426 e. The molecule has 1 atom stereocenters. The maximum absolute atomic E-state index is 12.6. The molecule has 6 rings (SSSR count). The first-order valence-corrected chi connectivity index (χ1v) is 19.8. The number of ether oxygens (including phenoxy) is 1. The van der Waals surface area contributed by atoms with Crippen molar-refractivity contribution in [1.82, 2.24) is 20.0 Å². The molecule has 0 radical (unpaired) electrons.